The molecule has 0 spiro atoms. The molecule has 26 heavy (non-hydrogen) atoms. The summed E-state index contributed by atoms with van der Waals surface area (Å²) in [7, 11) is 1.44. The molecule has 2 atom stereocenters. The van der Waals surface area contributed by atoms with E-state index in [1.165, 1.54) is 7.11 Å². The third kappa shape index (κ3) is 3.37. The van der Waals surface area contributed by atoms with Gasteiger partial charge in [0, 0.05) is 0 Å². The number of hydrogen-bond donors (Lipinski definition) is 0. The Hall–Kier alpha value is -2.96. The number of nitrogens with zero attached hydrogens (tertiary/aromatic N) is 1. The molecule has 0 aromatic heterocycles. The Morgan fingerprint density at radius 2 is 1.69 bits per heavy atom. The molecule has 0 N–H and O–H groups in total. The van der Waals surface area contributed by atoms with E-state index < -0.39 is 36.7 Å². The van der Waals surface area contributed by atoms with Crippen LogP contribution in [0.4, 0.5) is 0 Å². The number of ketones is 1. The van der Waals surface area contributed by atoms with Crippen molar-refractivity contribution in [2.24, 2.45) is 11.8 Å². The van der Waals surface area contributed by atoms with Crippen LogP contribution in [-0.2, 0) is 19.1 Å². The first-order chi connectivity index (χ1) is 12.5. The first-order valence-electron chi connectivity index (χ1n) is 8.35. The number of carbonyl (C=O) groups is 4. The van der Waals surface area contributed by atoms with Crippen LogP contribution in [-0.4, -0.2) is 48.7 Å². The van der Waals surface area contributed by atoms with Crippen molar-refractivity contribution in [1.29, 1.82) is 0 Å². The molecule has 1 saturated heterocycles. The number of allylic oxidation sites excluding steroid dienone is 2. The third-order valence-electron chi connectivity index (χ3n) is 4.66. The third-order valence-corrected chi connectivity index (χ3v) is 4.66. The average molecular weight is 357 g/mol. The standard InChI is InChI=1S/C19H19NO6/c1-25-16-9-5-4-8-14(16)15(21)11-26-17(22)10-20-18(23)12-6-2-3-7-13(12)19(20)24/h2-5,8-9,12-13H,6-7,10-11H2,1H3/t12-,13+. The summed E-state index contributed by atoms with van der Waals surface area (Å²) in [6, 6.07) is 6.60. The number of methoxy groups -OCH3 is 1. The topological polar surface area (TPSA) is 90.0 Å². The van der Waals surface area contributed by atoms with Crippen molar-refractivity contribution in [2.45, 2.75) is 12.8 Å². The van der Waals surface area contributed by atoms with Gasteiger partial charge < -0.3 is 9.47 Å². The van der Waals surface area contributed by atoms with Gasteiger partial charge in [-0.05, 0) is 25.0 Å². The van der Waals surface area contributed by atoms with E-state index in [-0.39, 0.29) is 11.8 Å². The van der Waals surface area contributed by atoms with Gasteiger partial charge in [0.05, 0.1) is 24.5 Å². The number of fused-ring (bicyclic) bond motifs is 1. The maximum absolute atomic E-state index is 12.3. The number of hydrogen-bond acceptors (Lipinski definition) is 6. The Bertz CT molecular complexity index is 758. The van der Waals surface area contributed by atoms with Crippen LogP contribution in [0.2, 0.25) is 0 Å². The Kier molecular flexibility index (Phi) is 5.16. The summed E-state index contributed by atoms with van der Waals surface area (Å²) in [5, 5.41) is 0. The van der Waals surface area contributed by atoms with Crippen LogP contribution < -0.4 is 4.74 Å². The van der Waals surface area contributed by atoms with Gasteiger partial charge in [-0.15, -0.1) is 0 Å². The number of ether oxygens (including phenoxy) is 2. The molecule has 2 amide bonds. The molecular formula is C19H19NO6. The zero-order valence-electron chi connectivity index (χ0n) is 14.3. The van der Waals surface area contributed by atoms with Crippen LogP contribution in [0.25, 0.3) is 0 Å². The van der Waals surface area contributed by atoms with Crippen molar-refractivity contribution >= 4 is 23.6 Å². The van der Waals surface area contributed by atoms with Crippen LogP contribution in [0.1, 0.15) is 23.2 Å². The van der Waals surface area contributed by atoms with E-state index >= 15 is 0 Å². The molecule has 1 aliphatic heterocycles. The molecule has 0 unspecified atom stereocenters. The first kappa shape index (κ1) is 17.8. The Labute approximate surface area is 150 Å². The zero-order valence-corrected chi connectivity index (χ0v) is 14.3. The SMILES string of the molecule is COc1ccccc1C(=O)COC(=O)CN1C(=O)[C@H]2CC=CC[C@H]2C1=O. The van der Waals surface area contributed by atoms with Gasteiger partial charge >= 0.3 is 5.97 Å². The summed E-state index contributed by atoms with van der Waals surface area (Å²) < 4.78 is 10.1. The van der Waals surface area contributed by atoms with Crippen molar-refractivity contribution in [2.75, 3.05) is 20.3 Å². The van der Waals surface area contributed by atoms with E-state index in [0.29, 0.717) is 24.2 Å². The maximum Gasteiger partial charge on any atom is 0.326 e. The molecule has 1 fully saturated rings. The lowest BCUT2D eigenvalue weighted by Crippen LogP contribution is -2.37. The normalized spacial score (nSPS) is 21.5. The minimum absolute atomic E-state index is 0.299. The van der Waals surface area contributed by atoms with E-state index in [1.807, 2.05) is 12.2 Å². The van der Waals surface area contributed by atoms with E-state index in [4.69, 9.17) is 9.47 Å². The lowest BCUT2D eigenvalue weighted by atomic mass is 9.85. The predicted octanol–water partition coefficient (Wildman–Crippen LogP) is 1.37. The van der Waals surface area contributed by atoms with E-state index in [9.17, 15) is 19.2 Å². The van der Waals surface area contributed by atoms with Crippen molar-refractivity contribution in [3.63, 3.8) is 0 Å². The van der Waals surface area contributed by atoms with Gasteiger partial charge in [-0.3, -0.25) is 24.1 Å². The van der Waals surface area contributed by atoms with E-state index in [2.05, 4.69) is 0 Å². The molecule has 1 aromatic carbocycles. The molecule has 1 aromatic rings. The lowest BCUT2D eigenvalue weighted by Gasteiger charge is -2.14. The molecular weight excluding hydrogens is 338 g/mol. The average Bonchev–Trinajstić information content (AvgIpc) is 2.91. The molecule has 2 aliphatic rings. The van der Waals surface area contributed by atoms with Crippen molar-refractivity contribution in [3.05, 3.63) is 42.0 Å². The molecule has 1 heterocycles. The number of para-hydroxylation sites is 1. The lowest BCUT2D eigenvalue weighted by molar-refractivity contribution is -0.152. The van der Waals surface area contributed by atoms with Crippen molar-refractivity contribution < 1.29 is 28.7 Å². The number of benzene rings is 1. The van der Waals surface area contributed by atoms with Gasteiger partial charge in [0.25, 0.3) is 0 Å². The Morgan fingerprint density at radius 1 is 1.08 bits per heavy atom. The summed E-state index contributed by atoms with van der Waals surface area (Å²) in [4.78, 5) is 49.8. The maximum atomic E-state index is 12.3. The van der Waals surface area contributed by atoms with Gasteiger partial charge in [-0.25, -0.2) is 0 Å². The van der Waals surface area contributed by atoms with Gasteiger partial charge in [0.2, 0.25) is 17.6 Å². The second-order valence-corrected chi connectivity index (χ2v) is 6.20. The summed E-state index contributed by atoms with van der Waals surface area (Å²) in [5.74, 6) is -2.31. The predicted molar refractivity (Wildman–Crippen MR) is 90.4 cm³/mol. The highest BCUT2D eigenvalue weighted by Crippen LogP contribution is 2.34. The molecule has 3 rings (SSSR count). The van der Waals surface area contributed by atoms with Gasteiger partial charge in [0.1, 0.15) is 12.3 Å². The van der Waals surface area contributed by atoms with Crippen LogP contribution in [0.15, 0.2) is 36.4 Å². The summed E-state index contributed by atoms with van der Waals surface area (Å²) in [6.45, 7) is -0.951. The number of Topliss-reactive ketones (excluding diaryl/α,β-unsaturated/α-hetero) is 1. The van der Waals surface area contributed by atoms with Gasteiger partial charge in [-0.2, -0.15) is 0 Å². The summed E-state index contributed by atoms with van der Waals surface area (Å²) in [5.41, 5.74) is 0.299. The molecule has 1 aliphatic carbocycles. The van der Waals surface area contributed by atoms with Crippen LogP contribution in [0.5, 0.6) is 5.75 Å². The van der Waals surface area contributed by atoms with E-state index in [0.717, 1.165) is 4.90 Å². The summed E-state index contributed by atoms with van der Waals surface area (Å²) in [6.07, 6.45) is 4.76. The van der Waals surface area contributed by atoms with Crippen LogP contribution in [0, 0.1) is 11.8 Å². The molecule has 0 bridgehead atoms. The number of amides is 2. The Morgan fingerprint density at radius 3 is 2.31 bits per heavy atom. The highest BCUT2D eigenvalue weighted by Gasteiger charge is 2.47. The fourth-order valence-corrected chi connectivity index (χ4v) is 3.30. The molecule has 136 valence electrons. The number of esters is 1. The number of likely N-dealkylation sites (tertiary alicyclic amines) is 1. The second kappa shape index (κ2) is 7.51. The quantitative estimate of drug-likeness (QED) is 0.331. The van der Waals surface area contributed by atoms with Gasteiger partial charge in [-0.1, -0.05) is 24.3 Å². The fourth-order valence-electron chi connectivity index (χ4n) is 3.30. The fraction of sp³-hybridized carbons (Fsp3) is 0.368. The van der Waals surface area contributed by atoms with Crippen molar-refractivity contribution in [1.82, 2.24) is 4.90 Å². The highest BCUT2D eigenvalue weighted by molar-refractivity contribution is 6.07. The smallest absolute Gasteiger partial charge is 0.326 e. The number of carbonyl (C=O) groups excluding carboxylic acids is 4. The first-order valence-corrected chi connectivity index (χ1v) is 8.35. The Balaban J connectivity index is 1.57. The second-order valence-electron chi connectivity index (χ2n) is 6.20. The number of imide groups is 1. The van der Waals surface area contributed by atoms with Crippen LogP contribution in [0.3, 0.4) is 0 Å². The monoisotopic (exact) mass is 357 g/mol. The highest BCUT2D eigenvalue weighted by atomic mass is 16.5. The van der Waals surface area contributed by atoms with Crippen molar-refractivity contribution in [3.8, 4) is 5.75 Å². The summed E-state index contributed by atoms with van der Waals surface area (Å²) >= 11 is 0. The minimum Gasteiger partial charge on any atom is -0.496 e. The molecule has 0 radical (unpaired) electrons. The van der Waals surface area contributed by atoms with Crippen LogP contribution >= 0.6 is 0 Å². The largest absolute Gasteiger partial charge is 0.496 e. The van der Waals surface area contributed by atoms with Gasteiger partial charge in [0.15, 0.2) is 6.61 Å². The molecule has 0 saturated carbocycles. The molecule has 7 heteroatoms. The molecule has 7 nitrogen and oxygen atoms in total. The zero-order chi connectivity index (χ0) is 18.7. The van der Waals surface area contributed by atoms with E-state index in [1.54, 1.807) is 24.3 Å². The minimum atomic E-state index is -0.790. The number of rotatable bonds is 6.